The van der Waals surface area contributed by atoms with E-state index in [0.29, 0.717) is 35.6 Å². The highest BCUT2D eigenvalue weighted by molar-refractivity contribution is 6.33. The SMILES string of the molecule is Oc1cccc2c1/C(=N\CCCn1ccnc1)c1cccc(O)c1/C2=N/CCCn1ccnc1. The molecule has 2 aromatic carbocycles. The van der Waals surface area contributed by atoms with E-state index < -0.39 is 0 Å². The number of aromatic nitrogens is 4. The maximum Gasteiger partial charge on any atom is 0.125 e. The number of imidazole rings is 2. The molecule has 34 heavy (non-hydrogen) atoms. The molecule has 2 heterocycles. The van der Waals surface area contributed by atoms with E-state index in [0.717, 1.165) is 37.1 Å². The predicted octanol–water partition coefficient (Wildman–Crippen LogP) is 3.66. The highest BCUT2D eigenvalue weighted by Crippen LogP contribution is 2.37. The third-order valence-corrected chi connectivity index (χ3v) is 5.88. The number of phenolic OH excluding ortho intramolecular Hbond substituents is 2. The van der Waals surface area contributed by atoms with Gasteiger partial charge in [0.2, 0.25) is 0 Å². The average molecular weight is 455 g/mol. The van der Waals surface area contributed by atoms with E-state index in [1.165, 1.54) is 0 Å². The van der Waals surface area contributed by atoms with Gasteiger partial charge in [0, 0.05) is 62.1 Å². The lowest BCUT2D eigenvalue weighted by molar-refractivity contribution is 0.471. The Morgan fingerprint density at radius 2 is 1.15 bits per heavy atom. The molecule has 1 aliphatic rings. The van der Waals surface area contributed by atoms with Crippen LogP contribution in [0, 0.1) is 0 Å². The summed E-state index contributed by atoms with van der Waals surface area (Å²) in [4.78, 5) is 17.9. The zero-order valence-corrected chi connectivity index (χ0v) is 18.7. The largest absolute Gasteiger partial charge is 0.507 e. The number of nitrogens with zero attached hydrogens (tertiary/aromatic N) is 6. The Morgan fingerprint density at radius 1 is 0.676 bits per heavy atom. The molecule has 0 amide bonds. The van der Waals surface area contributed by atoms with E-state index in [9.17, 15) is 10.2 Å². The maximum absolute atomic E-state index is 10.8. The Hall–Kier alpha value is -4.20. The first-order chi connectivity index (χ1) is 16.7. The number of phenols is 2. The van der Waals surface area contributed by atoms with Crippen molar-refractivity contribution in [1.29, 1.82) is 0 Å². The quantitative estimate of drug-likeness (QED) is 0.350. The molecule has 0 atom stereocenters. The third-order valence-electron chi connectivity index (χ3n) is 5.88. The van der Waals surface area contributed by atoms with Crippen LogP contribution in [0.3, 0.4) is 0 Å². The van der Waals surface area contributed by atoms with Crippen LogP contribution in [0.25, 0.3) is 0 Å². The van der Waals surface area contributed by atoms with E-state index in [1.807, 2.05) is 33.7 Å². The summed E-state index contributed by atoms with van der Waals surface area (Å²) >= 11 is 0. The Balaban J connectivity index is 1.48. The third kappa shape index (κ3) is 4.34. The van der Waals surface area contributed by atoms with Gasteiger partial charge in [0.1, 0.15) is 11.5 Å². The molecule has 2 N–H and O–H groups in total. The summed E-state index contributed by atoms with van der Waals surface area (Å²) in [5.41, 5.74) is 4.26. The minimum atomic E-state index is 0.158. The summed E-state index contributed by atoms with van der Waals surface area (Å²) < 4.78 is 4.03. The molecule has 8 heteroatoms. The normalized spacial score (nSPS) is 14.9. The molecule has 8 nitrogen and oxygen atoms in total. The summed E-state index contributed by atoms with van der Waals surface area (Å²) in [6.07, 6.45) is 12.6. The molecule has 0 aliphatic heterocycles. The van der Waals surface area contributed by atoms with E-state index in [4.69, 9.17) is 9.98 Å². The van der Waals surface area contributed by atoms with Crippen molar-refractivity contribution in [2.24, 2.45) is 9.98 Å². The van der Waals surface area contributed by atoms with Crippen LogP contribution in [-0.2, 0) is 13.1 Å². The second-order valence-electron chi connectivity index (χ2n) is 8.17. The minimum Gasteiger partial charge on any atom is -0.507 e. The number of hydrogen-bond acceptors (Lipinski definition) is 6. The fraction of sp³-hybridized carbons (Fsp3) is 0.231. The van der Waals surface area contributed by atoms with Crippen molar-refractivity contribution >= 4 is 11.4 Å². The Kier molecular flexibility index (Phi) is 6.20. The van der Waals surface area contributed by atoms with Gasteiger partial charge in [-0.25, -0.2) is 9.97 Å². The molecule has 0 bridgehead atoms. The van der Waals surface area contributed by atoms with Gasteiger partial charge in [-0.2, -0.15) is 0 Å². The molecule has 0 fully saturated rings. The van der Waals surface area contributed by atoms with Crippen LogP contribution >= 0.6 is 0 Å². The number of fused-ring (bicyclic) bond motifs is 2. The van der Waals surface area contributed by atoms with Crippen LogP contribution in [0.1, 0.15) is 35.1 Å². The Labute approximate surface area is 197 Å². The fourth-order valence-corrected chi connectivity index (χ4v) is 4.30. The summed E-state index contributed by atoms with van der Waals surface area (Å²) in [6.45, 7) is 2.77. The van der Waals surface area contributed by atoms with Crippen molar-refractivity contribution in [3.8, 4) is 11.5 Å². The zero-order valence-electron chi connectivity index (χ0n) is 18.7. The monoisotopic (exact) mass is 454 g/mol. The molecular weight excluding hydrogens is 428 g/mol. The number of aromatic hydroxyl groups is 2. The minimum absolute atomic E-state index is 0.158. The lowest BCUT2D eigenvalue weighted by Gasteiger charge is -2.25. The number of rotatable bonds is 8. The van der Waals surface area contributed by atoms with Gasteiger partial charge in [-0.05, 0) is 25.0 Å². The summed E-state index contributed by atoms with van der Waals surface area (Å²) in [5.74, 6) is 0.317. The number of aryl methyl sites for hydroxylation is 2. The first kappa shape index (κ1) is 21.6. The van der Waals surface area contributed by atoms with Crippen LogP contribution in [0.2, 0.25) is 0 Å². The van der Waals surface area contributed by atoms with E-state index in [2.05, 4.69) is 9.97 Å². The van der Waals surface area contributed by atoms with Crippen molar-refractivity contribution in [1.82, 2.24) is 19.1 Å². The van der Waals surface area contributed by atoms with Crippen LogP contribution in [-0.4, -0.2) is 53.8 Å². The Bertz CT molecular complexity index is 1220. The van der Waals surface area contributed by atoms with Crippen LogP contribution in [0.15, 0.2) is 83.8 Å². The first-order valence-electron chi connectivity index (χ1n) is 11.4. The van der Waals surface area contributed by atoms with Crippen molar-refractivity contribution in [2.75, 3.05) is 13.1 Å². The first-order valence-corrected chi connectivity index (χ1v) is 11.4. The number of aliphatic imine (C=N–C) groups is 2. The van der Waals surface area contributed by atoms with Gasteiger partial charge < -0.3 is 19.3 Å². The van der Waals surface area contributed by atoms with Gasteiger partial charge >= 0.3 is 0 Å². The number of benzene rings is 2. The topological polar surface area (TPSA) is 101 Å². The van der Waals surface area contributed by atoms with E-state index in [1.54, 1.807) is 49.3 Å². The lowest BCUT2D eigenvalue weighted by Crippen LogP contribution is -2.23. The maximum atomic E-state index is 10.8. The van der Waals surface area contributed by atoms with Crippen LogP contribution in [0.5, 0.6) is 11.5 Å². The fourth-order valence-electron chi connectivity index (χ4n) is 4.30. The van der Waals surface area contributed by atoms with E-state index >= 15 is 0 Å². The van der Waals surface area contributed by atoms with Crippen molar-refractivity contribution in [3.05, 3.63) is 96.1 Å². The van der Waals surface area contributed by atoms with Gasteiger partial charge in [-0.3, -0.25) is 9.98 Å². The second kappa shape index (κ2) is 9.74. The highest BCUT2D eigenvalue weighted by Gasteiger charge is 2.30. The predicted molar refractivity (Wildman–Crippen MR) is 131 cm³/mol. The Morgan fingerprint density at radius 3 is 1.56 bits per heavy atom. The highest BCUT2D eigenvalue weighted by atomic mass is 16.3. The van der Waals surface area contributed by atoms with Crippen molar-refractivity contribution in [3.63, 3.8) is 0 Å². The smallest absolute Gasteiger partial charge is 0.125 e. The van der Waals surface area contributed by atoms with Crippen LogP contribution < -0.4 is 0 Å². The molecule has 1 aliphatic carbocycles. The van der Waals surface area contributed by atoms with E-state index in [-0.39, 0.29) is 11.5 Å². The molecule has 0 unspecified atom stereocenters. The molecule has 4 aromatic rings. The van der Waals surface area contributed by atoms with Crippen LogP contribution in [0.4, 0.5) is 0 Å². The van der Waals surface area contributed by atoms with Gasteiger partial charge in [-0.15, -0.1) is 0 Å². The summed E-state index contributed by atoms with van der Waals surface area (Å²) in [5, 5.41) is 21.6. The van der Waals surface area contributed by atoms with Gasteiger partial charge in [0.05, 0.1) is 35.2 Å². The zero-order chi connectivity index (χ0) is 23.3. The molecule has 0 spiro atoms. The second-order valence-corrected chi connectivity index (χ2v) is 8.17. The molecule has 2 aromatic heterocycles. The summed E-state index contributed by atoms with van der Waals surface area (Å²) in [6, 6.07) is 10.8. The molecule has 5 rings (SSSR count). The molecule has 0 saturated carbocycles. The van der Waals surface area contributed by atoms with Crippen molar-refractivity contribution in [2.45, 2.75) is 25.9 Å². The summed E-state index contributed by atoms with van der Waals surface area (Å²) in [7, 11) is 0. The molecule has 0 radical (unpaired) electrons. The van der Waals surface area contributed by atoms with Crippen molar-refractivity contribution < 1.29 is 10.2 Å². The molecular formula is C26H26N6O2. The van der Waals surface area contributed by atoms with Gasteiger partial charge in [0.15, 0.2) is 0 Å². The van der Waals surface area contributed by atoms with Gasteiger partial charge in [0.25, 0.3) is 0 Å². The lowest BCUT2D eigenvalue weighted by atomic mass is 9.81. The standard InChI is InChI=1S/C26H26N6O2/c33-21-7-1-5-19-23(21)26(30-10-4-14-32-16-12-28-18-32)20-6-2-8-22(34)24(20)25(19)29-9-3-13-31-15-11-27-17-31/h1-2,5-8,11-12,15-18,33-34H,3-4,9-10,13-14H2/b29-25-,30-26+. The van der Waals surface area contributed by atoms with Gasteiger partial charge in [-0.1, -0.05) is 24.3 Å². The molecule has 172 valence electrons. The number of hydrogen-bond donors (Lipinski definition) is 2. The average Bonchev–Trinajstić information content (AvgIpc) is 3.55. The molecule has 0 saturated heterocycles.